The van der Waals surface area contributed by atoms with Crippen LogP contribution in [0.5, 0.6) is 0 Å². The largest absolute Gasteiger partial charge is 0.338 e. The van der Waals surface area contributed by atoms with Gasteiger partial charge in [-0.1, -0.05) is 52.8 Å². The van der Waals surface area contributed by atoms with Crippen molar-refractivity contribution in [3.63, 3.8) is 0 Å². The smallest absolute Gasteiger partial charge is 0.266 e. The van der Waals surface area contributed by atoms with Crippen LogP contribution in [0.2, 0.25) is 5.02 Å². The Labute approximate surface area is 190 Å². The average Bonchev–Trinajstić information content (AvgIpc) is 3.28. The lowest BCUT2D eigenvalue weighted by molar-refractivity contribution is 0.391. The van der Waals surface area contributed by atoms with Gasteiger partial charge in [0.05, 0.1) is 27.4 Å². The Morgan fingerprint density at radius 2 is 1.72 bits per heavy atom. The first kappa shape index (κ1) is 20.4. The van der Waals surface area contributed by atoms with Gasteiger partial charge in [0.15, 0.2) is 5.16 Å². The number of halogens is 2. The molecule has 158 valence electrons. The van der Waals surface area contributed by atoms with Gasteiger partial charge in [-0.25, -0.2) is 9.37 Å². The van der Waals surface area contributed by atoms with Crippen LogP contribution in [0.4, 0.5) is 4.39 Å². The van der Waals surface area contributed by atoms with E-state index in [1.165, 1.54) is 28.5 Å². The Morgan fingerprint density at radius 3 is 2.53 bits per heavy atom. The lowest BCUT2D eigenvalue weighted by atomic mass is 10.2. The molecule has 0 aliphatic carbocycles. The van der Waals surface area contributed by atoms with Crippen LogP contribution in [0.3, 0.4) is 0 Å². The number of hydrogen-bond acceptors (Lipinski definition) is 6. The van der Waals surface area contributed by atoms with Crippen molar-refractivity contribution in [2.45, 2.75) is 10.9 Å². The molecule has 0 fully saturated rings. The number of benzene rings is 3. The molecule has 2 aromatic heterocycles. The molecular weight excluding hydrogens is 451 g/mol. The zero-order valence-electron chi connectivity index (χ0n) is 16.4. The second kappa shape index (κ2) is 8.57. The van der Waals surface area contributed by atoms with Crippen LogP contribution in [0.1, 0.15) is 5.89 Å². The molecular formula is C23H14ClFN4O2S. The van der Waals surface area contributed by atoms with E-state index in [1.54, 1.807) is 48.5 Å². The highest BCUT2D eigenvalue weighted by atomic mass is 35.5. The highest BCUT2D eigenvalue weighted by Gasteiger charge is 2.17. The van der Waals surface area contributed by atoms with Gasteiger partial charge in [0.2, 0.25) is 11.7 Å². The molecule has 5 rings (SSSR count). The summed E-state index contributed by atoms with van der Waals surface area (Å²) in [6, 6.07) is 20.1. The summed E-state index contributed by atoms with van der Waals surface area (Å²) in [5.74, 6) is 0.648. The molecule has 32 heavy (non-hydrogen) atoms. The second-order valence-corrected chi connectivity index (χ2v) is 8.16. The SMILES string of the molecule is O=c1c2ccccc2nc(SCc2nc(-c3ccc(F)cc3)no2)n1-c1ccccc1Cl. The van der Waals surface area contributed by atoms with E-state index >= 15 is 0 Å². The summed E-state index contributed by atoms with van der Waals surface area (Å²) in [4.78, 5) is 22.3. The maximum absolute atomic E-state index is 13.3. The van der Waals surface area contributed by atoms with E-state index in [9.17, 15) is 9.18 Å². The standard InChI is InChI=1S/C23H14ClFN4O2S/c24-17-6-2-4-8-19(17)29-22(30)16-5-1-3-7-18(16)26-23(29)32-13-20-27-21(28-31-20)14-9-11-15(25)12-10-14/h1-12H,13H2. The van der Waals surface area contributed by atoms with Crippen molar-refractivity contribution >= 4 is 34.3 Å². The van der Waals surface area contributed by atoms with Crippen molar-refractivity contribution in [1.82, 2.24) is 19.7 Å². The first-order valence-corrected chi connectivity index (χ1v) is 10.9. The van der Waals surface area contributed by atoms with Crippen LogP contribution < -0.4 is 5.56 Å². The molecule has 0 aliphatic heterocycles. The molecule has 0 amide bonds. The van der Waals surface area contributed by atoms with E-state index < -0.39 is 0 Å². The Balaban J connectivity index is 1.52. The van der Waals surface area contributed by atoms with Crippen LogP contribution in [0, 0.1) is 5.82 Å². The number of fused-ring (bicyclic) bond motifs is 1. The summed E-state index contributed by atoms with van der Waals surface area (Å²) >= 11 is 7.67. The van der Waals surface area contributed by atoms with Gasteiger partial charge in [-0.15, -0.1) is 0 Å². The van der Waals surface area contributed by atoms with Crippen LogP contribution in [0.25, 0.3) is 28.0 Å². The van der Waals surface area contributed by atoms with Crippen molar-refractivity contribution in [2.24, 2.45) is 0 Å². The number of thioether (sulfide) groups is 1. The fraction of sp³-hybridized carbons (Fsp3) is 0.0435. The van der Waals surface area contributed by atoms with E-state index in [0.29, 0.717) is 44.0 Å². The highest BCUT2D eigenvalue weighted by molar-refractivity contribution is 7.98. The van der Waals surface area contributed by atoms with E-state index in [4.69, 9.17) is 16.1 Å². The zero-order valence-corrected chi connectivity index (χ0v) is 18.0. The van der Waals surface area contributed by atoms with Crippen LogP contribution in [0.15, 0.2) is 87.3 Å². The summed E-state index contributed by atoms with van der Waals surface area (Å²) in [6.07, 6.45) is 0. The summed E-state index contributed by atoms with van der Waals surface area (Å²) in [5, 5.41) is 5.33. The van der Waals surface area contributed by atoms with Gasteiger partial charge in [0.1, 0.15) is 5.82 Å². The third-order valence-electron chi connectivity index (χ3n) is 4.73. The molecule has 0 aliphatic rings. The van der Waals surface area contributed by atoms with Crippen molar-refractivity contribution in [2.75, 3.05) is 0 Å². The average molecular weight is 465 g/mol. The molecule has 0 saturated heterocycles. The number of aromatic nitrogens is 4. The molecule has 0 radical (unpaired) electrons. The maximum Gasteiger partial charge on any atom is 0.266 e. The molecule has 0 N–H and O–H groups in total. The third kappa shape index (κ3) is 3.90. The zero-order chi connectivity index (χ0) is 22.1. The maximum atomic E-state index is 13.3. The predicted molar refractivity (Wildman–Crippen MR) is 122 cm³/mol. The molecule has 0 spiro atoms. The Bertz CT molecular complexity index is 1480. The van der Waals surface area contributed by atoms with Crippen LogP contribution in [-0.2, 0) is 5.75 Å². The molecule has 0 atom stereocenters. The van der Waals surface area contributed by atoms with E-state index in [0.717, 1.165) is 0 Å². The van der Waals surface area contributed by atoms with E-state index in [2.05, 4.69) is 15.1 Å². The Morgan fingerprint density at radius 1 is 0.969 bits per heavy atom. The molecule has 3 aromatic carbocycles. The number of nitrogens with zero attached hydrogens (tertiary/aromatic N) is 4. The van der Waals surface area contributed by atoms with Gasteiger partial charge in [-0.05, 0) is 48.5 Å². The first-order chi connectivity index (χ1) is 15.6. The fourth-order valence-electron chi connectivity index (χ4n) is 3.21. The van der Waals surface area contributed by atoms with Crippen molar-refractivity contribution in [3.05, 3.63) is 99.9 Å². The van der Waals surface area contributed by atoms with Gasteiger partial charge in [0.25, 0.3) is 5.56 Å². The number of rotatable bonds is 5. The minimum atomic E-state index is -0.340. The third-order valence-corrected chi connectivity index (χ3v) is 5.98. The predicted octanol–water partition coefficient (Wildman–Crippen LogP) is 5.52. The highest BCUT2D eigenvalue weighted by Crippen LogP contribution is 2.28. The number of para-hydroxylation sites is 2. The Kier molecular flexibility index (Phi) is 5.46. The normalized spacial score (nSPS) is 11.2. The van der Waals surface area contributed by atoms with Gasteiger partial charge in [-0.2, -0.15) is 4.98 Å². The minimum Gasteiger partial charge on any atom is -0.338 e. The molecule has 0 bridgehead atoms. The molecule has 9 heteroatoms. The monoisotopic (exact) mass is 464 g/mol. The van der Waals surface area contributed by atoms with Crippen molar-refractivity contribution in [1.29, 1.82) is 0 Å². The minimum absolute atomic E-state index is 0.219. The molecule has 2 heterocycles. The van der Waals surface area contributed by atoms with Gasteiger partial charge in [0, 0.05) is 5.56 Å². The summed E-state index contributed by atoms with van der Waals surface area (Å²) in [7, 11) is 0. The van der Waals surface area contributed by atoms with Crippen molar-refractivity contribution < 1.29 is 8.91 Å². The lowest BCUT2D eigenvalue weighted by Crippen LogP contribution is -2.22. The summed E-state index contributed by atoms with van der Waals surface area (Å²) in [6.45, 7) is 0. The Hall–Kier alpha value is -3.49. The molecule has 6 nitrogen and oxygen atoms in total. The summed E-state index contributed by atoms with van der Waals surface area (Å²) in [5.41, 5.74) is 1.55. The molecule has 0 unspecified atom stereocenters. The number of hydrogen-bond donors (Lipinski definition) is 0. The van der Waals surface area contributed by atoms with Crippen LogP contribution in [-0.4, -0.2) is 19.7 Å². The van der Waals surface area contributed by atoms with Gasteiger partial charge in [-0.3, -0.25) is 9.36 Å². The van der Waals surface area contributed by atoms with Crippen LogP contribution >= 0.6 is 23.4 Å². The van der Waals surface area contributed by atoms with Crippen molar-refractivity contribution in [3.8, 4) is 17.1 Å². The van der Waals surface area contributed by atoms with Gasteiger partial charge < -0.3 is 4.52 Å². The quantitative estimate of drug-likeness (QED) is 0.252. The van der Waals surface area contributed by atoms with Gasteiger partial charge >= 0.3 is 0 Å². The lowest BCUT2D eigenvalue weighted by Gasteiger charge is -2.13. The second-order valence-electron chi connectivity index (χ2n) is 6.81. The fourth-order valence-corrected chi connectivity index (χ4v) is 4.27. The topological polar surface area (TPSA) is 73.8 Å². The first-order valence-electron chi connectivity index (χ1n) is 9.58. The summed E-state index contributed by atoms with van der Waals surface area (Å²) < 4.78 is 20.0. The van der Waals surface area contributed by atoms with E-state index in [-0.39, 0.29) is 17.1 Å². The molecule has 0 saturated carbocycles. The molecule has 5 aromatic rings. The van der Waals surface area contributed by atoms with E-state index in [1.807, 2.05) is 12.1 Å².